The van der Waals surface area contributed by atoms with E-state index in [9.17, 15) is 0 Å². The zero-order chi connectivity index (χ0) is 13.9. The zero-order valence-electron chi connectivity index (χ0n) is 10.5. The molecule has 0 amide bonds. The van der Waals surface area contributed by atoms with Crippen molar-refractivity contribution < 1.29 is 4.74 Å². The van der Waals surface area contributed by atoms with E-state index in [1.807, 2.05) is 30.3 Å². The van der Waals surface area contributed by atoms with Gasteiger partial charge >= 0.3 is 0 Å². The van der Waals surface area contributed by atoms with Crippen molar-refractivity contribution >= 4 is 26.7 Å². The van der Waals surface area contributed by atoms with E-state index in [0.29, 0.717) is 5.56 Å². The van der Waals surface area contributed by atoms with Gasteiger partial charge in [-0.15, -0.1) is 0 Å². The molecule has 0 aliphatic carbocycles. The van der Waals surface area contributed by atoms with E-state index in [1.54, 1.807) is 24.3 Å². The third kappa shape index (κ3) is 2.66. The summed E-state index contributed by atoms with van der Waals surface area (Å²) in [4.78, 5) is 0. The molecule has 2 nitrogen and oxygen atoms in total. The van der Waals surface area contributed by atoms with Crippen molar-refractivity contribution in [1.82, 2.24) is 0 Å². The van der Waals surface area contributed by atoms with Crippen LogP contribution in [0.1, 0.15) is 5.56 Å². The first-order chi connectivity index (χ1) is 9.74. The number of hydrogen-bond donors (Lipinski definition) is 0. The summed E-state index contributed by atoms with van der Waals surface area (Å²) in [6, 6.07) is 21.3. The summed E-state index contributed by atoms with van der Waals surface area (Å²) in [5.74, 6) is 1.50. The van der Waals surface area contributed by atoms with Gasteiger partial charge in [-0.3, -0.25) is 0 Å². The second kappa shape index (κ2) is 5.36. The molecule has 0 N–H and O–H groups in total. The van der Waals surface area contributed by atoms with E-state index in [2.05, 4.69) is 28.1 Å². The normalized spacial score (nSPS) is 10.2. The van der Waals surface area contributed by atoms with Crippen molar-refractivity contribution in [3.05, 3.63) is 70.7 Å². The standard InChI is InChI=1S/C17H10BrNO/c18-15-5-3-14-10-17(8-4-13(14)9-15)20-16-6-1-12(11-19)2-7-16/h1-10H. The molecule has 3 aromatic rings. The molecule has 0 spiro atoms. The van der Waals surface area contributed by atoms with Gasteiger partial charge in [0.05, 0.1) is 11.6 Å². The molecule has 3 rings (SSSR count). The second-order valence-electron chi connectivity index (χ2n) is 4.39. The Hall–Kier alpha value is -2.31. The first-order valence-corrected chi connectivity index (χ1v) is 6.91. The monoisotopic (exact) mass is 323 g/mol. The van der Waals surface area contributed by atoms with E-state index >= 15 is 0 Å². The number of fused-ring (bicyclic) bond motifs is 1. The highest BCUT2D eigenvalue weighted by Crippen LogP contribution is 2.27. The molecule has 96 valence electrons. The molecule has 20 heavy (non-hydrogen) atoms. The van der Waals surface area contributed by atoms with Crippen LogP contribution in [-0.4, -0.2) is 0 Å². The maximum Gasteiger partial charge on any atom is 0.128 e. The average Bonchev–Trinajstić information content (AvgIpc) is 2.48. The van der Waals surface area contributed by atoms with Crippen molar-refractivity contribution in [2.75, 3.05) is 0 Å². The van der Waals surface area contributed by atoms with E-state index in [1.165, 1.54) is 0 Å². The van der Waals surface area contributed by atoms with Crippen molar-refractivity contribution in [2.24, 2.45) is 0 Å². The lowest BCUT2D eigenvalue weighted by molar-refractivity contribution is 0.483. The lowest BCUT2D eigenvalue weighted by atomic mass is 10.1. The highest BCUT2D eigenvalue weighted by atomic mass is 79.9. The molecular weight excluding hydrogens is 314 g/mol. The highest BCUT2D eigenvalue weighted by Gasteiger charge is 2.00. The summed E-state index contributed by atoms with van der Waals surface area (Å²) < 4.78 is 6.86. The summed E-state index contributed by atoms with van der Waals surface area (Å²) in [6.45, 7) is 0. The number of nitrogens with zero attached hydrogens (tertiary/aromatic N) is 1. The molecule has 0 radical (unpaired) electrons. The molecule has 0 aliphatic rings. The van der Waals surface area contributed by atoms with Gasteiger partial charge < -0.3 is 4.74 Å². The van der Waals surface area contributed by atoms with Crippen LogP contribution in [0.3, 0.4) is 0 Å². The molecule has 0 heterocycles. The van der Waals surface area contributed by atoms with E-state index < -0.39 is 0 Å². The van der Waals surface area contributed by atoms with Gasteiger partial charge in [0.15, 0.2) is 0 Å². The van der Waals surface area contributed by atoms with Gasteiger partial charge in [-0.2, -0.15) is 5.26 Å². The number of halogens is 1. The van der Waals surface area contributed by atoms with Crippen LogP contribution < -0.4 is 4.74 Å². The van der Waals surface area contributed by atoms with E-state index in [0.717, 1.165) is 26.7 Å². The van der Waals surface area contributed by atoms with Crippen molar-refractivity contribution in [2.45, 2.75) is 0 Å². The SMILES string of the molecule is N#Cc1ccc(Oc2ccc3cc(Br)ccc3c2)cc1. The molecular formula is C17H10BrNO. The van der Waals surface area contributed by atoms with Crippen molar-refractivity contribution in [1.29, 1.82) is 5.26 Å². The Balaban J connectivity index is 1.90. The quantitative estimate of drug-likeness (QED) is 0.643. The zero-order valence-corrected chi connectivity index (χ0v) is 12.1. The molecule has 0 fully saturated rings. The Kier molecular flexibility index (Phi) is 3.41. The van der Waals surface area contributed by atoms with Crippen LogP contribution in [0.5, 0.6) is 11.5 Å². The Bertz CT molecular complexity index is 803. The summed E-state index contributed by atoms with van der Waals surface area (Å²) in [5.41, 5.74) is 0.626. The fraction of sp³-hybridized carbons (Fsp3) is 0. The molecule has 3 aromatic carbocycles. The second-order valence-corrected chi connectivity index (χ2v) is 5.31. The first kappa shape index (κ1) is 12.7. The predicted octanol–water partition coefficient (Wildman–Crippen LogP) is 5.27. The van der Waals surface area contributed by atoms with Crippen LogP contribution in [0.25, 0.3) is 10.8 Å². The Labute approximate surface area is 125 Å². The molecule has 0 unspecified atom stereocenters. The number of hydrogen-bond acceptors (Lipinski definition) is 2. The van der Waals surface area contributed by atoms with Gasteiger partial charge in [0.2, 0.25) is 0 Å². The van der Waals surface area contributed by atoms with Gasteiger partial charge in [-0.05, 0) is 59.3 Å². The molecule has 0 aliphatic heterocycles. The predicted molar refractivity (Wildman–Crippen MR) is 82.9 cm³/mol. The molecule has 3 heteroatoms. The minimum atomic E-state index is 0.626. The van der Waals surface area contributed by atoms with Crippen molar-refractivity contribution in [3.63, 3.8) is 0 Å². The maximum absolute atomic E-state index is 8.76. The Morgan fingerprint density at radius 1 is 0.800 bits per heavy atom. The fourth-order valence-electron chi connectivity index (χ4n) is 1.99. The summed E-state index contributed by atoms with van der Waals surface area (Å²) in [6.07, 6.45) is 0. The lowest BCUT2D eigenvalue weighted by Crippen LogP contribution is -1.85. The topological polar surface area (TPSA) is 33.0 Å². The minimum absolute atomic E-state index is 0.626. The molecule has 0 bridgehead atoms. The lowest BCUT2D eigenvalue weighted by Gasteiger charge is -2.07. The molecule has 0 atom stereocenters. The van der Waals surface area contributed by atoms with Gasteiger partial charge in [-0.25, -0.2) is 0 Å². The van der Waals surface area contributed by atoms with Crippen LogP contribution in [0.15, 0.2) is 65.1 Å². The van der Waals surface area contributed by atoms with Crippen LogP contribution in [0, 0.1) is 11.3 Å². The Morgan fingerprint density at radius 3 is 2.20 bits per heavy atom. The van der Waals surface area contributed by atoms with E-state index in [4.69, 9.17) is 10.00 Å². The largest absolute Gasteiger partial charge is 0.457 e. The third-order valence-electron chi connectivity index (χ3n) is 2.99. The number of ether oxygens (including phenoxy) is 1. The number of nitriles is 1. The maximum atomic E-state index is 8.76. The van der Waals surface area contributed by atoms with Gasteiger partial charge in [0.1, 0.15) is 11.5 Å². The van der Waals surface area contributed by atoms with Crippen LogP contribution in [0.2, 0.25) is 0 Å². The number of rotatable bonds is 2. The van der Waals surface area contributed by atoms with Crippen LogP contribution >= 0.6 is 15.9 Å². The summed E-state index contributed by atoms with van der Waals surface area (Å²) >= 11 is 3.46. The third-order valence-corrected chi connectivity index (χ3v) is 3.49. The van der Waals surface area contributed by atoms with Gasteiger partial charge in [0, 0.05) is 4.47 Å². The van der Waals surface area contributed by atoms with Crippen LogP contribution in [-0.2, 0) is 0 Å². The highest BCUT2D eigenvalue weighted by molar-refractivity contribution is 9.10. The minimum Gasteiger partial charge on any atom is -0.457 e. The average molecular weight is 324 g/mol. The van der Waals surface area contributed by atoms with Crippen LogP contribution in [0.4, 0.5) is 0 Å². The Morgan fingerprint density at radius 2 is 1.45 bits per heavy atom. The molecule has 0 aromatic heterocycles. The van der Waals surface area contributed by atoms with Gasteiger partial charge in [0.25, 0.3) is 0 Å². The smallest absolute Gasteiger partial charge is 0.128 e. The first-order valence-electron chi connectivity index (χ1n) is 6.12. The summed E-state index contributed by atoms with van der Waals surface area (Å²) in [7, 11) is 0. The number of benzene rings is 3. The fourth-order valence-corrected chi connectivity index (χ4v) is 2.37. The molecule has 0 saturated carbocycles. The summed E-state index contributed by atoms with van der Waals surface area (Å²) in [5, 5.41) is 11.0. The van der Waals surface area contributed by atoms with E-state index in [-0.39, 0.29) is 0 Å². The van der Waals surface area contributed by atoms with Gasteiger partial charge in [-0.1, -0.05) is 28.1 Å². The van der Waals surface area contributed by atoms with Crippen molar-refractivity contribution in [3.8, 4) is 17.6 Å². The molecule has 0 saturated heterocycles.